The summed E-state index contributed by atoms with van der Waals surface area (Å²) in [5, 5.41) is 3.01. The van der Waals surface area contributed by atoms with E-state index in [2.05, 4.69) is 10.3 Å². The Bertz CT molecular complexity index is 794. The zero-order valence-electron chi connectivity index (χ0n) is 15.9. The number of hydrogen-bond donors (Lipinski definition) is 1. The summed E-state index contributed by atoms with van der Waals surface area (Å²) in [7, 11) is 3.58. The van der Waals surface area contributed by atoms with Crippen molar-refractivity contribution in [3.05, 3.63) is 59.9 Å². The van der Waals surface area contributed by atoms with Gasteiger partial charge in [0, 0.05) is 57.1 Å². The summed E-state index contributed by atoms with van der Waals surface area (Å²) < 4.78 is 0. The lowest BCUT2D eigenvalue weighted by Crippen LogP contribution is -2.36. The van der Waals surface area contributed by atoms with Crippen LogP contribution in [-0.4, -0.2) is 53.9 Å². The molecule has 6 nitrogen and oxygen atoms in total. The minimum absolute atomic E-state index is 0.147. The predicted molar refractivity (Wildman–Crippen MR) is 105 cm³/mol. The van der Waals surface area contributed by atoms with Gasteiger partial charge in [-0.1, -0.05) is 24.3 Å². The molecule has 1 aliphatic heterocycles. The number of para-hydroxylation sites is 1. The van der Waals surface area contributed by atoms with E-state index < -0.39 is 0 Å². The molecule has 0 saturated carbocycles. The summed E-state index contributed by atoms with van der Waals surface area (Å²) in [6.07, 6.45) is 3.93. The van der Waals surface area contributed by atoms with Gasteiger partial charge in [0.1, 0.15) is 0 Å². The zero-order chi connectivity index (χ0) is 19.2. The molecule has 1 N–H and O–H groups in total. The number of pyridine rings is 1. The SMILES string of the molecule is CN1C[C@H](CN(C)C(=O)Nc2ccccc2CCc2ccccn2)CC1=O. The molecule has 1 aromatic carbocycles. The van der Waals surface area contributed by atoms with Crippen LogP contribution in [-0.2, 0) is 17.6 Å². The van der Waals surface area contributed by atoms with Gasteiger partial charge in [0.05, 0.1) is 0 Å². The number of benzene rings is 1. The molecule has 1 saturated heterocycles. The number of carbonyl (C=O) groups excluding carboxylic acids is 2. The number of aromatic nitrogens is 1. The van der Waals surface area contributed by atoms with Gasteiger partial charge in [-0.25, -0.2) is 4.79 Å². The maximum atomic E-state index is 12.6. The second-order valence-electron chi connectivity index (χ2n) is 7.13. The van der Waals surface area contributed by atoms with Crippen molar-refractivity contribution in [3.8, 4) is 0 Å². The quantitative estimate of drug-likeness (QED) is 0.855. The van der Waals surface area contributed by atoms with E-state index in [4.69, 9.17) is 0 Å². The number of rotatable bonds is 6. The van der Waals surface area contributed by atoms with Crippen molar-refractivity contribution >= 4 is 17.6 Å². The van der Waals surface area contributed by atoms with E-state index in [9.17, 15) is 9.59 Å². The van der Waals surface area contributed by atoms with Gasteiger partial charge in [-0.3, -0.25) is 9.78 Å². The fourth-order valence-corrected chi connectivity index (χ4v) is 3.43. The van der Waals surface area contributed by atoms with Gasteiger partial charge in [-0.05, 0) is 36.6 Å². The smallest absolute Gasteiger partial charge is 0.321 e. The van der Waals surface area contributed by atoms with Crippen LogP contribution in [0.3, 0.4) is 0 Å². The number of amides is 3. The molecule has 0 unspecified atom stereocenters. The van der Waals surface area contributed by atoms with E-state index in [1.165, 1.54) is 0 Å². The molecule has 0 spiro atoms. The molecule has 2 heterocycles. The summed E-state index contributed by atoms with van der Waals surface area (Å²) in [5.74, 6) is 0.339. The molecule has 3 rings (SSSR count). The first-order valence-corrected chi connectivity index (χ1v) is 9.27. The van der Waals surface area contributed by atoms with Crippen LogP contribution in [0.15, 0.2) is 48.7 Å². The molecule has 0 bridgehead atoms. The van der Waals surface area contributed by atoms with Crippen LogP contribution >= 0.6 is 0 Å². The summed E-state index contributed by atoms with van der Waals surface area (Å²) in [4.78, 5) is 32.0. The first kappa shape index (κ1) is 18.9. The highest BCUT2D eigenvalue weighted by Gasteiger charge is 2.28. The van der Waals surface area contributed by atoms with Crippen molar-refractivity contribution < 1.29 is 9.59 Å². The van der Waals surface area contributed by atoms with Gasteiger partial charge in [0.15, 0.2) is 0 Å². The number of nitrogens with zero attached hydrogens (tertiary/aromatic N) is 3. The molecule has 142 valence electrons. The van der Waals surface area contributed by atoms with E-state index in [1.807, 2.05) is 42.5 Å². The van der Waals surface area contributed by atoms with Crippen molar-refractivity contribution in [3.63, 3.8) is 0 Å². The van der Waals surface area contributed by atoms with E-state index in [0.717, 1.165) is 29.8 Å². The Balaban J connectivity index is 1.58. The van der Waals surface area contributed by atoms with E-state index in [0.29, 0.717) is 19.5 Å². The maximum absolute atomic E-state index is 12.6. The van der Waals surface area contributed by atoms with Gasteiger partial charge < -0.3 is 15.1 Å². The highest BCUT2D eigenvalue weighted by atomic mass is 16.2. The summed E-state index contributed by atoms with van der Waals surface area (Å²) in [6.45, 7) is 1.27. The molecule has 1 aromatic heterocycles. The number of hydrogen-bond acceptors (Lipinski definition) is 3. The zero-order valence-corrected chi connectivity index (χ0v) is 15.9. The van der Waals surface area contributed by atoms with Crippen LogP contribution in [0.1, 0.15) is 17.7 Å². The average Bonchev–Trinajstić information content (AvgIpc) is 2.99. The highest BCUT2D eigenvalue weighted by molar-refractivity contribution is 5.90. The predicted octanol–water partition coefficient (Wildman–Crippen LogP) is 2.81. The summed E-state index contributed by atoms with van der Waals surface area (Å²) >= 11 is 0. The van der Waals surface area contributed by atoms with E-state index in [1.54, 1.807) is 30.1 Å². The highest BCUT2D eigenvalue weighted by Crippen LogP contribution is 2.20. The molecule has 1 aliphatic rings. The van der Waals surface area contributed by atoms with Crippen molar-refractivity contribution in [1.82, 2.24) is 14.8 Å². The molecular formula is C21H26N4O2. The molecule has 1 atom stereocenters. The average molecular weight is 366 g/mol. The third kappa shape index (κ3) is 5.06. The largest absolute Gasteiger partial charge is 0.345 e. The van der Waals surface area contributed by atoms with Crippen molar-refractivity contribution in [1.29, 1.82) is 0 Å². The second-order valence-corrected chi connectivity index (χ2v) is 7.13. The Labute approximate surface area is 160 Å². The van der Waals surface area contributed by atoms with Crippen LogP contribution in [0.4, 0.5) is 10.5 Å². The Morgan fingerprint density at radius 2 is 2.00 bits per heavy atom. The number of likely N-dealkylation sites (tertiary alicyclic amines) is 1. The standard InChI is InChI=1S/C21H26N4O2/c1-24-14-16(13-20(24)26)15-25(2)21(27)23-19-9-4-3-7-17(19)10-11-18-8-5-6-12-22-18/h3-9,12,16H,10-11,13-15H2,1-2H3,(H,23,27)/t16-/m1/s1. The Hall–Kier alpha value is -2.89. The third-order valence-corrected chi connectivity index (χ3v) is 4.94. The minimum atomic E-state index is -0.151. The number of carbonyl (C=O) groups is 2. The monoisotopic (exact) mass is 366 g/mol. The first-order valence-electron chi connectivity index (χ1n) is 9.27. The first-order chi connectivity index (χ1) is 13.0. The third-order valence-electron chi connectivity index (χ3n) is 4.94. The second kappa shape index (κ2) is 8.66. The van der Waals surface area contributed by atoms with Gasteiger partial charge in [0.2, 0.25) is 5.91 Å². The van der Waals surface area contributed by atoms with Crippen LogP contribution in [0.2, 0.25) is 0 Å². The van der Waals surface area contributed by atoms with Gasteiger partial charge in [-0.15, -0.1) is 0 Å². The van der Waals surface area contributed by atoms with Crippen LogP contribution in [0, 0.1) is 5.92 Å². The fraction of sp³-hybridized carbons (Fsp3) is 0.381. The topological polar surface area (TPSA) is 65.5 Å². The van der Waals surface area contributed by atoms with Crippen molar-refractivity contribution in [2.24, 2.45) is 5.92 Å². The molecular weight excluding hydrogens is 340 g/mol. The maximum Gasteiger partial charge on any atom is 0.321 e. The fourth-order valence-electron chi connectivity index (χ4n) is 3.43. The molecule has 0 aliphatic carbocycles. The Kier molecular flexibility index (Phi) is 6.06. The molecule has 1 fully saturated rings. The normalized spacial score (nSPS) is 16.4. The van der Waals surface area contributed by atoms with Crippen LogP contribution in [0.25, 0.3) is 0 Å². The number of nitrogens with one attached hydrogen (secondary N) is 1. The summed E-state index contributed by atoms with van der Waals surface area (Å²) in [5.41, 5.74) is 2.94. The lowest BCUT2D eigenvalue weighted by atomic mass is 10.1. The lowest BCUT2D eigenvalue weighted by molar-refractivity contribution is -0.126. The van der Waals surface area contributed by atoms with Crippen molar-refractivity contribution in [2.45, 2.75) is 19.3 Å². The lowest BCUT2D eigenvalue weighted by Gasteiger charge is -2.22. The minimum Gasteiger partial charge on any atom is -0.345 e. The molecule has 3 amide bonds. The Morgan fingerprint density at radius 1 is 1.22 bits per heavy atom. The molecule has 27 heavy (non-hydrogen) atoms. The molecule has 2 aromatic rings. The van der Waals surface area contributed by atoms with Gasteiger partial charge in [0.25, 0.3) is 0 Å². The van der Waals surface area contributed by atoms with Crippen LogP contribution < -0.4 is 5.32 Å². The van der Waals surface area contributed by atoms with Crippen molar-refractivity contribution in [2.75, 3.05) is 32.5 Å². The van der Waals surface area contributed by atoms with Crippen LogP contribution in [0.5, 0.6) is 0 Å². The van der Waals surface area contributed by atoms with E-state index in [-0.39, 0.29) is 17.9 Å². The Morgan fingerprint density at radius 3 is 2.70 bits per heavy atom. The summed E-state index contributed by atoms with van der Waals surface area (Å²) in [6, 6.07) is 13.6. The van der Waals surface area contributed by atoms with E-state index >= 15 is 0 Å². The van der Waals surface area contributed by atoms with Gasteiger partial charge in [-0.2, -0.15) is 0 Å². The molecule has 6 heteroatoms. The number of anilines is 1. The number of aryl methyl sites for hydroxylation is 2. The molecule has 0 radical (unpaired) electrons. The van der Waals surface area contributed by atoms with Gasteiger partial charge >= 0.3 is 6.03 Å². The number of urea groups is 1.